The zero-order valence-electron chi connectivity index (χ0n) is 18.5. The quantitative estimate of drug-likeness (QED) is 0.288. The van der Waals surface area contributed by atoms with Crippen molar-refractivity contribution >= 4 is 40.8 Å². The highest BCUT2D eigenvalue weighted by Gasteiger charge is 2.29. The van der Waals surface area contributed by atoms with Crippen LogP contribution in [0.3, 0.4) is 0 Å². The molecule has 1 aliphatic rings. The largest absolute Gasteiger partial charge is 0.355 e. The number of carbonyl (C=O) groups excluding carboxylic acids is 1. The van der Waals surface area contributed by atoms with Crippen LogP contribution in [-0.4, -0.2) is 17.1 Å². The summed E-state index contributed by atoms with van der Waals surface area (Å²) < 4.78 is 0. The number of hydrogen-bond acceptors (Lipinski definition) is 4. The fourth-order valence-corrected chi connectivity index (χ4v) is 3.42. The Hall–Kier alpha value is -3.18. The van der Waals surface area contributed by atoms with Gasteiger partial charge in [0.15, 0.2) is 0 Å². The van der Waals surface area contributed by atoms with E-state index < -0.39 is 0 Å². The van der Waals surface area contributed by atoms with Gasteiger partial charge in [-0.25, -0.2) is 4.98 Å². The molecule has 2 aromatic rings. The van der Waals surface area contributed by atoms with E-state index in [4.69, 9.17) is 17.0 Å². The van der Waals surface area contributed by atoms with Crippen LogP contribution >= 0.6 is 11.6 Å². The van der Waals surface area contributed by atoms with Crippen molar-refractivity contribution in [2.45, 2.75) is 39.5 Å². The summed E-state index contributed by atoms with van der Waals surface area (Å²) in [7, 11) is 0. The molecule has 1 fully saturated rings. The Kier molecular flexibility index (Phi) is 8.40. The number of unbranched alkanes of at least 4 members (excludes halogenated alkanes) is 1. The van der Waals surface area contributed by atoms with Crippen molar-refractivity contribution in [2.75, 3.05) is 5.32 Å². The Labute approximate surface area is 194 Å². The predicted molar refractivity (Wildman–Crippen MR) is 134 cm³/mol. The first kappa shape index (κ1) is 23.5. The predicted octanol–water partition coefficient (Wildman–Crippen LogP) is 6.45. The Bertz CT molecular complexity index is 1070. The van der Waals surface area contributed by atoms with E-state index in [9.17, 15) is 4.79 Å². The van der Waals surface area contributed by atoms with Gasteiger partial charge in [-0.2, -0.15) is 0 Å². The summed E-state index contributed by atoms with van der Waals surface area (Å²) in [6.07, 6.45) is 12.5. The third-order valence-electron chi connectivity index (χ3n) is 5.17. The number of pyridine rings is 1. The van der Waals surface area contributed by atoms with Crippen molar-refractivity contribution in [3.05, 3.63) is 82.7 Å². The van der Waals surface area contributed by atoms with Crippen molar-refractivity contribution in [2.24, 2.45) is 5.92 Å². The number of carbonyl (C=O) groups is 1. The van der Waals surface area contributed by atoms with E-state index in [1.807, 2.05) is 49.4 Å². The molecule has 1 aromatic carbocycles. The van der Waals surface area contributed by atoms with Gasteiger partial charge >= 0.3 is 0 Å². The van der Waals surface area contributed by atoms with E-state index >= 15 is 0 Å². The second-order valence-corrected chi connectivity index (χ2v) is 8.24. The van der Waals surface area contributed by atoms with E-state index in [-0.39, 0.29) is 11.8 Å². The molecule has 1 amide bonds. The molecule has 0 aliphatic heterocycles. The molecule has 0 spiro atoms. The number of halogens is 1. The normalized spacial score (nSPS) is 14.8. The molecule has 1 aromatic heterocycles. The Balaban J connectivity index is 2.03. The summed E-state index contributed by atoms with van der Waals surface area (Å²) in [4.78, 5) is 16.6. The molecule has 1 heterocycles. The minimum absolute atomic E-state index is 0.0251. The van der Waals surface area contributed by atoms with Crippen molar-refractivity contribution in [1.82, 2.24) is 10.3 Å². The Morgan fingerprint density at radius 1 is 1.25 bits per heavy atom. The van der Waals surface area contributed by atoms with Crippen molar-refractivity contribution < 1.29 is 4.79 Å². The number of hydrogen-bond donors (Lipinski definition) is 3. The number of amides is 1. The van der Waals surface area contributed by atoms with E-state index in [0.717, 1.165) is 53.8 Å². The molecule has 3 N–H and O–H groups in total. The first-order chi connectivity index (χ1) is 15.5. The van der Waals surface area contributed by atoms with Gasteiger partial charge in [0.25, 0.3) is 0 Å². The van der Waals surface area contributed by atoms with Crippen LogP contribution < -0.4 is 10.6 Å². The van der Waals surface area contributed by atoms with Crippen LogP contribution in [-0.2, 0) is 4.79 Å². The van der Waals surface area contributed by atoms with Gasteiger partial charge in [-0.05, 0) is 73.7 Å². The van der Waals surface area contributed by atoms with Gasteiger partial charge < -0.3 is 16.0 Å². The summed E-state index contributed by atoms with van der Waals surface area (Å²) in [6, 6.07) is 11.5. The second kappa shape index (κ2) is 11.4. The molecule has 0 saturated heterocycles. The van der Waals surface area contributed by atoms with Crippen molar-refractivity contribution in [3.8, 4) is 0 Å². The first-order valence-electron chi connectivity index (χ1n) is 10.9. The highest BCUT2D eigenvalue weighted by molar-refractivity contribution is 6.30. The summed E-state index contributed by atoms with van der Waals surface area (Å²) in [6.45, 7) is 4.16. The number of benzene rings is 1. The third kappa shape index (κ3) is 6.66. The lowest BCUT2D eigenvalue weighted by molar-refractivity contribution is -0.117. The van der Waals surface area contributed by atoms with Gasteiger partial charge in [0, 0.05) is 40.3 Å². The number of nitrogens with one attached hydrogen (secondary N) is 3. The van der Waals surface area contributed by atoms with Crippen LogP contribution in [0.2, 0.25) is 5.02 Å². The van der Waals surface area contributed by atoms with Crippen LogP contribution in [0.15, 0.2) is 66.5 Å². The van der Waals surface area contributed by atoms with E-state index in [0.29, 0.717) is 10.8 Å². The molecule has 3 rings (SSSR count). The zero-order chi connectivity index (χ0) is 22.9. The number of aromatic nitrogens is 1. The van der Waals surface area contributed by atoms with Crippen LogP contribution in [0.4, 0.5) is 5.82 Å². The van der Waals surface area contributed by atoms with Gasteiger partial charge in [0.2, 0.25) is 5.91 Å². The number of allylic oxidation sites excluding steroid dienone is 4. The van der Waals surface area contributed by atoms with E-state index in [2.05, 4.69) is 28.6 Å². The van der Waals surface area contributed by atoms with Gasteiger partial charge in [-0.15, -0.1) is 0 Å². The molecule has 5 nitrogen and oxygen atoms in total. The first-order valence-corrected chi connectivity index (χ1v) is 11.3. The zero-order valence-corrected chi connectivity index (χ0v) is 19.2. The fourth-order valence-electron chi connectivity index (χ4n) is 3.23. The average molecular weight is 449 g/mol. The van der Waals surface area contributed by atoms with E-state index in [1.165, 1.54) is 6.21 Å². The van der Waals surface area contributed by atoms with Crippen LogP contribution in [0.5, 0.6) is 0 Å². The molecule has 166 valence electrons. The number of nitrogens with zero attached hydrogens (tertiary/aromatic N) is 1. The third-order valence-corrected chi connectivity index (χ3v) is 5.41. The molecule has 1 aliphatic carbocycles. The lowest BCUT2D eigenvalue weighted by Crippen LogP contribution is -2.16. The van der Waals surface area contributed by atoms with Crippen LogP contribution in [0, 0.1) is 11.3 Å². The molecule has 1 saturated carbocycles. The molecular formula is C26H29ClN4O. The smallest absolute Gasteiger partial charge is 0.228 e. The van der Waals surface area contributed by atoms with E-state index in [1.54, 1.807) is 12.3 Å². The van der Waals surface area contributed by atoms with Crippen LogP contribution in [0.25, 0.3) is 11.3 Å². The molecule has 32 heavy (non-hydrogen) atoms. The second-order valence-electron chi connectivity index (χ2n) is 7.80. The van der Waals surface area contributed by atoms with Gasteiger partial charge in [-0.1, -0.05) is 43.2 Å². The fraction of sp³-hybridized carbons (Fsp3) is 0.269. The highest BCUT2D eigenvalue weighted by Crippen LogP contribution is 2.31. The lowest BCUT2D eigenvalue weighted by Gasteiger charge is -2.18. The maximum atomic E-state index is 12.2. The molecule has 0 unspecified atom stereocenters. The maximum absolute atomic E-state index is 12.2. The molecule has 0 bridgehead atoms. The lowest BCUT2D eigenvalue weighted by atomic mass is 10.0. The summed E-state index contributed by atoms with van der Waals surface area (Å²) in [5.41, 5.74) is 4.67. The highest BCUT2D eigenvalue weighted by atomic mass is 35.5. The molecule has 6 heteroatoms. The van der Waals surface area contributed by atoms with Gasteiger partial charge in [-0.3, -0.25) is 4.79 Å². The molecule has 0 atom stereocenters. The van der Waals surface area contributed by atoms with Crippen LogP contribution in [0.1, 0.15) is 50.7 Å². The van der Waals surface area contributed by atoms with Crippen molar-refractivity contribution in [1.29, 1.82) is 5.41 Å². The monoisotopic (exact) mass is 448 g/mol. The summed E-state index contributed by atoms with van der Waals surface area (Å²) in [5.74, 6) is 0.667. The molecule has 0 radical (unpaired) electrons. The van der Waals surface area contributed by atoms with Gasteiger partial charge in [0.05, 0.1) is 0 Å². The Morgan fingerprint density at radius 3 is 2.75 bits per heavy atom. The Morgan fingerprint density at radius 2 is 2.06 bits per heavy atom. The minimum Gasteiger partial charge on any atom is -0.355 e. The number of rotatable bonds is 10. The van der Waals surface area contributed by atoms with Crippen molar-refractivity contribution in [3.63, 3.8) is 0 Å². The molecular weight excluding hydrogens is 420 g/mol. The summed E-state index contributed by atoms with van der Waals surface area (Å²) in [5, 5.41) is 14.5. The standard InChI is InChI=1S/C26H29ClN4O/c1-3-4-9-23(10-6-14-28)30-25(18(2)20-7-5-8-22(27)16-20)21-13-15-29-24(17-21)31-26(32)19-11-12-19/h5-10,13-17,19,28,30H,3-4,11-12H2,1-2H3,(H,29,31,32)/b10-6-,23-9+,25-18+,28-14?. The number of anilines is 1. The summed E-state index contributed by atoms with van der Waals surface area (Å²) >= 11 is 6.25. The SMILES string of the molecule is CCC/C=C(\C=C/C=N)N/C(=C(\C)c1cccc(Cl)c1)c1ccnc(NC(=O)C2CC2)c1. The average Bonchev–Trinajstić information content (AvgIpc) is 3.64. The van der Waals surface area contributed by atoms with Gasteiger partial charge in [0.1, 0.15) is 5.82 Å². The topological polar surface area (TPSA) is 77.9 Å². The minimum atomic E-state index is 0.0251. The maximum Gasteiger partial charge on any atom is 0.228 e.